The largest absolute Gasteiger partial charge is 0.504 e. The summed E-state index contributed by atoms with van der Waals surface area (Å²) in [6.07, 6.45) is 0. The number of aromatic carboxylic acids is 1. The van der Waals surface area contributed by atoms with E-state index in [1.54, 1.807) is 0 Å². The molecule has 1 aromatic rings. The maximum absolute atomic E-state index is 10.5. The molecule has 0 heterocycles. The third-order valence-electron chi connectivity index (χ3n) is 1.67. The van der Waals surface area contributed by atoms with Crippen LogP contribution in [0.25, 0.3) is 0 Å². The Labute approximate surface area is 73.5 Å². The molecule has 0 radical (unpaired) electrons. The van der Waals surface area contributed by atoms with Crippen molar-refractivity contribution >= 4 is 5.97 Å². The van der Waals surface area contributed by atoms with Crippen molar-refractivity contribution in [3.8, 4) is 17.2 Å². The van der Waals surface area contributed by atoms with Gasteiger partial charge in [-0.3, -0.25) is 0 Å². The standard InChI is InChI=1S/C8H8O5/c1-3-2-4(8(12)13)6(10)7(11)5(3)9/h2,9-11H,1H3,(H,12,13). The molecule has 0 aliphatic carbocycles. The molecular formula is C8H8O5. The van der Waals surface area contributed by atoms with Gasteiger partial charge in [-0.05, 0) is 18.6 Å². The van der Waals surface area contributed by atoms with Crippen molar-refractivity contribution in [1.82, 2.24) is 0 Å². The number of aromatic hydroxyl groups is 3. The van der Waals surface area contributed by atoms with Crippen molar-refractivity contribution in [3.63, 3.8) is 0 Å². The number of hydrogen-bond donors (Lipinski definition) is 4. The number of benzene rings is 1. The normalized spacial score (nSPS) is 9.92. The van der Waals surface area contributed by atoms with Gasteiger partial charge in [0.25, 0.3) is 0 Å². The Morgan fingerprint density at radius 3 is 2.15 bits per heavy atom. The van der Waals surface area contributed by atoms with Gasteiger partial charge in [0.2, 0.25) is 5.75 Å². The molecule has 5 nitrogen and oxygen atoms in total. The molecule has 0 aromatic heterocycles. The Bertz CT molecular complexity index is 369. The second kappa shape index (κ2) is 2.85. The van der Waals surface area contributed by atoms with Crippen molar-refractivity contribution in [2.24, 2.45) is 0 Å². The first kappa shape index (κ1) is 9.18. The monoisotopic (exact) mass is 184 g/mol. The lowest BCUT2D eigenvalue weighted by molar-refractivity contribution is 0.0692. The summed E-state index contributed by atoms with van der Waals surface area (Å²) in [7, 11) is 0. The molecule has 0 bridgehead atoms. The minimum atomic E-state index is -1.36. The smallest absolute Gasteiger partial charge is 0.339 e. The third kappa shape index (κ3) is 1.35. The third-order valence-corrected chi connectivity index (χ3v) is 1.67. The molecule has 0 aliphatic heterocycles. The van der Waals surface area contributed by atoms with E-state index >= 15 is 0 Å². The van der Waals surface area contributed by atoms with Crippen molar-refractivity contribution in [1.29, 1.82) is 0 Å². The first-order valence-corrected chi connectivity index (χ1v) is 3.43. The Hall–Kier alpha value is -1.91. The van der Waals surface area contributed by atoms with E-state index < -0.39 is 28.8 Å². The van der Waals surface area contributed by atoms with Crippen molar-refractivity contribution in [3.05, 3.63) is 17.2 Å². The molecule has 1 aromatic carbocycles. The number of carbonyl (C=O) groups is 1. The van der Waals surface area contributed by atoms with E-state index in [0.29, 0.717) is 0 Å². The van der Waals surface area contributed by atoms with Crippen molar-refractivity contribution in [2.45, 2.75) is 6.92 Å². The fourth-order valence-corrected chi connectivity index (χ4v) is 0.943. The average Bonchev–Trinajstić information content (AvgIpc) is 2.07. The molecule has 13 heavy (non-hydrogen) atoms. The van der Waals surface area contributed by atoms with Crippen LogP contribution in [-0.2, 0) is 0 Å². The molecule has 0 spiro atoms. The van der Waals surface area contributed by atoms with E-state index in [-0.39, 0.29) is 5.56 Å². The zero-order valence-corrected chi connectivity index (χ0v) is 6.77. The molecule has 0 unspecified atom stereocenters. The Morgan fingerprint density at radius 1 is 1.15 bits per heavy atom. The SMILES string of the molecule is Cc1cc(C(=O)O)c(O)c(O)c1O. The zero-order valence-electron chi connectivity index (χ0n) is 6.77. The molecule has 0 amide bonds. The van der Waals surface area contributed by atoms with Crippen molar-refractivity contribution < 1.29 is 25.2 Å². The second-order valence-electron chi connectivity index (χ2n) is 2.59. The maximum atomic E-state index is 10.5. The minimum Gasteiger partial charge on any atom is -0.504 e. The van der Waals surface area contributed by atoms with Gasteiger partial charge in [0, 0.05) is 0 Å². The average molecular weight is 184 g/mol. The molecule has 0 aliphatic rings. The van der Waals surface area contributed by atoms with Gasteiger partial charge in [0.1, 0.15) is 5.56 Å². The van der Waals surface area contributed by atoms with Crippen LogP contribution in [0.15, 0.2) is 6.07 Å². The predicted octanol–water partition coefficient (Wildman–Crippen LogP) is 0.810. The Kier molecular flexibility index (Phi) is 2.02. The fourth-order valence-electron chi connectivity index (χ4n) is 0.943. The number of aryl methyl sites for hydroxylation is 1. The minimum absolute atomic E-state index is 0.188. The molecule has 70 valence electrons. The summed E-state index contributed by atoms with van der Waals surface area (Å²) in [5.41, 5.74) is -0.250. The summed E-state index contributed by atoms with van der Waals surface area (Å²) in [6, 6.07) is 1.08. The van der Waals surface area contributed by atoms with E-state index in [1.165, 1.54) is 6.92 Å². The summed E-state index contributed by atoms with van der Waals surface area (Å²) in [5, 5.41) is 35.8. The van der Waals surface area contributed by atoms with Gasteiger partial charge in [0.15, 0.2) is 11.5 Å². The number of hydrogen-bond acceptors (Lipinski definition) is 4. The summed E-state index contributed by atoms with van der Waals surface area (Å²) in [5.74, 6) is -3.51. The predicted molar refractivity (Wildman–Crippen MR) is 43.1 cm³/mol. The van der Waals surface area contributed by atoms with Crippen LogP contribution in [0.3, 0.4) is 0 Å². The molecule has 4 N–H and O–H groups in total. The van der Waals surface area contributed by atoms with Gasteiger partial charge in [0.05, 0.1) is 0 Å². The summed E-state index contributed by atoms with van der Waals surface area (Å²) >= 11 is 0. The van der Waals surface area contributed by atoms with Gasteiger partial charge in [-0.1, -0.05) is 0 Å². The van der Waals surface area contributed by atoms with Gasteiger partial charge < -0.3 is 20.4 Å². The van der Waals surface area contributed by atoms with Crippen LogP contribution in [0.5, 0.6) is 17.2 Å². The molecule has 0 saturated carbocycles. The molecular weight excluding hydrogens is 176 g/mol. The van der Waals surface area contributed by atoms with Gasteiger partial charge in [-0.25, -0.2) is 4.79 Å². The van der Waals surface area contributed by atoms with Gasteiger partial charge in [-0.15, -0.1) is 0 Å². The molecule has 0 atom stereocenters. The maximum Gasteiger partial charge on any atom is 0.339 e. The van der Waals surface area contributed by atoms with E-state index in [4.69, 9.17) is 20.4 Å². The van der Waals surface area contributed by atoms with E-state index in [2.05, 4.69) is 0 Å². The topological polar surface area (TPSA) is 98.0 Å². The van der Waals surface area contributed by atoms with E-state index in [0.717, 1.165) is 6.07 Å². The summed E-state index contributed by atoms with van der Waals surface area (Å²) < 4.78 is 0. The quantitative estimate of drug-likeness (QED) is 0.484. The highest BCUT2D eigenvalue weighted by molar-refractivity contribution is 5.92. The van der Waals surface area contributed by atoms with Crippen LogP contribution < -0.4 is 0 Å². The highest BCUT2D eigenvalue weighted by Gasteiger charge is 2.18. The van der Waals surface area contributed by atoms with Crippen LogP contribution in [0.2, 0.25) is 0 Å². The van der Waals surface area contributed by atoms with E-state index in [1.807, 2.05) is 0 Å². The number of rotatable bonds is 1. The molecule has 0 saturated heterocycles. The lowest BCUT2D eigenvalue weighted by atomic mass is 10.1. The first-order valence-electron chi connectivity index (χ1n) is 3.43. The number of phenolic OH excluding ortho intramolecular Hbond substituents is 2. The number of carboxylic acids is 1. The van der Waals surface area contributed by atoms with E-state index in [9.17, 15) is 4.79 Å². The molecule has 5 heteroatoms. The van der Waals surface area contributed by atoms with Crippen LogP contribution in [0, 0.1) is 6.92 Å². The fraction of sp³-hybridized carbons (Fsp3) is 0.125. The Balaban J connectivity index is 3.50. The highest BCUT2D eigenvalue weighted by atomic mass is 16.4. The number of phenols is 3. The molecule has 1 rings (SSSR count). The van der Waals surface area contributed by atoms with Crippen LogP contribution >= 0.6 is 0 Å². The lowest BCUT2D eigenvalue weighted by Gasteiger charge is -2.06. The Morgan fingerprint density at radius 2 is 1.69 bits per heavy atom. The summed E-state index contributed by atoms with van der Waals surface area (Å²) in [4.78, 5) is 10.5. The van der Waals surface area contributed by atoms with Crippen molar-refractivity contribution in [2.75, 3.05) is 0 Å². The van der Waals surface area contributed by atoms with Gasteiger partial charge in [-0.2, -0.15) is 0 Å². The number of carboxylic acid groups (broad SMARTS) is 1. The van der Waals surface area contributed by atoms with Crippen LogP contribution in [-0.4, -0.2) is 26.4 Å². The second-order valence-corrected chi connectivity index (χ2v) is 2.59. The van der Waals surface area contributed by atoms with Crippen LogP contribution in [0.4, 0.5) is 0 Å². The van der Waals surface area contributed by atoms with Crippen LogP contribution in [0.1, 0.15) is 15.9 Å². The highest BCUT2D eigenvalue weighted by Crippen LogP contribution is 2.39. The zero-order chi connectivity index (χ0) is 10.2. The first-order chi connectivity index (χ1) is 5.95. The molecule has 0 fully saturated rings. The van der Waals surface area contributed by atoms with Gasteiger partial charge >= 0.3 is 5.97 Å². The summed E-state index contributed by atoms with van der Waals surface area (Å²) in [6.45, 7) is 1.42. The lowest BCUT2D eigenvalue weighted by Crippen LogP contribution is -1.97.